The lowest BCUT2D eigenvalue weighted by atomic mass is 9.71. The first-order valence-electron chi connectivity index (χ1n) is 10.8. The average Bonchev–Trinajstić information content (AvgIpc) is 3.19. The van der Waals surface area contributed by atoms with Gasteiger partial charge in [0.15, 0.2) is 0 Å². The number of piperidine rings is 1. The smallest absolute Gasteiger partial charge is 0.350 e. The molecule has 0 atom stereocenters. The molecule has 2 fully saturated rings. The van der Waals surface area contributed by atoms with Crippen LogP contribution < -0.4 is 0 Å². The normalized spacial score (nSPS) is 17.8. The minimum absolute atomic E-state index is 0.0995. The fourth-order valence-electron chi connectivity index (χ4n) is 4.90. The Morgan fingerprint density at radius 3 is 2.32 bits per heavy atom. The summed E-state index contributed by atoms with van der Waals surface area (Å²) in [4.78, 5) is 32.0. The Balaban J connectivity index is 1.22. The van der Waals surface area contributed by atoms with E-state index >= 15 is 0 Å². The van der Waals surface area contributed by atoms with Crippen LogP contribution in [-0.4, -0.2) is 52.8 Å². The molecule has 34 heavy (non-hydrogen) atoms. The van der Waals surface area contributed by atoms with Crippen LogP contribution in [0.3, 0.4) is 0 Å². The molecule has 1 aromatic heterocycles. The van der Waals surface area contributed by atoms with Crippen molar-refractivity contribution in [1.82, 2.24) is 14.8 Å². The van der Waals surface area contributed by atoms with E-state index in [1.807, 2.05) is 24.3 Å². The average molecular weight is 538 g/mol. The summed E-state index contributed by atoms with van der Waals surface area (Å²) in [6, 6.07) is 9.67. The molecule has 0 unspecified atom stereocenters. The SMILES string of the molecule is O=C(c1cc2ccc(Br)cc2[nH]1)N1CC2(CCN(C(=O)c3ccc(F)cc3C(F)(F)F)CC2)C1. The maximum absolute atomic E-state index is 13.4. The summed E-state index contributed by atoms with van der Waals surface area (Å²) >= 11 is 3.41. The Bertz CT molecular complexity index is 1290. The van der Waals surface area contributed by atoms with Crippen LogP contribution in [0.4, 0.5) is 17.6 Å². The first kappa shape index (κ1) is 22.9. The number of amides is 2. The van der Waals surface area contributed by atoms with Gasteiger partial charge in [-0.05, 0) is 49.2 Å². The van der Waals surface area contributed by atoms with E-state index in [1.165, 1.54) is 4.90 Å². The number of likely N-dealkylation sites (tertiary alicyclic amines) is 2. The summed E-state index contributed by atoms with van der Waals surface area (Å²) in [5.74, 6) is -1.89. The fourth-order valence-corrected chi connectivity index (χ4v) is 5.26. The Hall–Kier alpha value is -2.88. The molecule has 178 valence electrons. The molecular weight excluding hydrogens is 518 g/mol. The number of carbonyl (C=O) groups excluding carboxylic acids is 2. The van der Waals surface area contributed by atoms with Crippen molar-refractivity contribution in [2.45, 2.75) is 19.0 Å². The molecule has 10 heteroatoms. The van der Waals surface area contributed by atoms with Crippen LogP contribution in [0.1, 0.15) is 39.3 Å². The number of aromatic amines is 1. The highest BCUT2D eigenvalue weighted by molar-refractivity contribution is 9.10. The number of nitrogens with zero attached hydrogens (tertiary/aromatic N) is 2. The van der Waals surface area contributed by atoms with Gasteiger partial charge in [-0.1, -0.05) is 22.0 Å². The number of H-pyrrole nitrogens is 1. The summed E-state index contributed by atoms with van der Waals surface area (Å²) in [6.45, 7) is 1.65. The molecule has 0 bridgehead atoms. The van der Waals surface area contributed by atoms with Gasteiger partial charge >= 0.3 is 6.18 Å². The maximum atomic E-state index is 13.4. The van der Waals surface area contributed by atoms with Crippen LogP contribution in [0.15, 0.2) is 46.9 Å². The third-order valence-electron chi connectivity index (χ3n) is 6.78. The predicted octanol–water partition coefficient (Wildman–Crippen LogP) is 5.47. The number of fused-ring (bicyclic) bond motifs is 1. The van der Waals surface area contributed by atoms with Crippen LogP contribution in [0.25, 0.3) is 10.9 Å². The predicted molar refractivity (Wildman–Crippen MR) is 121 cm³/mol. The Labute approximate surface area is 200 Å². The molecule has 0 aliphatic carbocycles. The largest absolute Gasteiger partial charge is 0.417 e. The Morgan fingerprint density at radius 2 is 1.65 bits per heavy atom. The summed E-state index contributed by atoms with van der Waals surface area (Å²) in [6.07, 6.45) is -3.65. The van der Waals surface area contributed by atoms with Gasteiger partial charge in [0, 0.05) is 47.0 Å². The Kier molecular flexibility index (Phi) is 5.46. The van der Waals surface area contributed by atoms with E-state index in [2.05, 4.69) is 20.9 Å². The van der Waals surface area contributed by atoms with Crippen molar-refractivity contribution in [3.63, 3.8) is 0 Å². The Morgan fingerprint density at radius 1 is 0.941 bits per heavy atom. The zero-order chi connectivity index (χ0) is 24.3. The van der Waals surface area contributed by atoms with Crippen LogP contribution >= 0.6 is 15.9 Å². The topological polar surface area (TPSA) is 56.4 Å². The zero-order valence-electron chi connectivity index (χ0n) is 17.9. The van der Waals surface area contributed by atoms with Crippen LogP contribution in [0, 0.1) is 11.2 Å². The van der Waals surface area contributed by atoms with Crippen molar-refractivity contribution in [3.05, 3.63) is 69.6 Å². The van der Waals surface area contributed by atoms with Gasteiger partial charge in [0.25, 0.3) is 11.8 Å². The second-order valence-electron chi connectivity index (χ2n) is 9.06. The number of benzene rings is 2. The van der Waals surface area contributed by atoms with Gasteiger partial charge in [-0.2, -0.15) is 13.2 Å². The van der Waals surface area contributed by atoms with Gasteiger partial charge in [0.05, 0.1) is 11.1 Å². The number of hydrogen-bond donors (Lipinski definition) is 1. The molecule has 2 aliphatic rings. The van der Waals surface area contributed by atoms with Crippen molar-refractivity contribution < 1.29 is 27.2 Å². The molecule has 3 heterocycles. The summed E-state index contributed by atoms with van der Waals surface area (Å²) in [7, 11) is 0. The lowest BCUT2D eigenvalue weighted by molar-refractivity contribution is -0.138. The van der Waals surface area contributed by atoms with E-state index in [4.69, 9.17) is 0 Å². The number of alkyl halides is 3. The second-order valence-corrected chi connectivity index (χ2v) is 9.97. The van der Waals surface area contributed by atoms with Crippen molar-refractivity contribution >= 4 is 38.6 Å². The monoisotopic (exact) mass is 537 g/mol. The molecule has 0 saturated carbocycles. The third kappa shape index (κ3) is 4.08. The van der Waals surface area contributed by atoms with Crippen molar-refractivity contribution in [2.75, 3.05) is 26.2 Å². The van der Waals surface area contributed by atoms with Crippen LogP contribution in [-0.2, 0) is 6.18 Å². The van der Waals surface area contributed by atoms with Gasteiger partial charge in [-0.3, -0.25) is 9.59 Å². The highest BCUT2D eigenvalue weighted by Gasteiger charge is 2.48. The lowest BCUT2D eigenvalue weighted by Gasteiger charge is -2.53. The molecule has 2 saturated heterocycles. The molecule has 0 radical (unpaired) electrons. The van der Waals surface area contributed by atoms with Gasteiger partial charge in [0.2, 0.25) is 0 Å². The molecule has 2 aliphatic heterocycles. The molecule has 3 aromatic rings. The quantitative estimate of drug-likeness (QED) is 0.441. The summed E-state index contributed by atoms with van der Waals surface area (Å²) in [5.41, 5.74) is -0.577. The molecule has 2 aromatic carbocycles. The van der Waals surface area contributed by atoms with E-state index in [0.29, 0.717) is 37.7 Å². The minimum atomic E-state index is -4.82. The van der Waals surface area contributed by atoms with E-state index < -0.39 is 29.0 Å². The minimum Gasteiger partial charge on any atom is -0.350 e. The molecule has 1 N–H and O–H groups in total. The van der Waals surface area contributed by atoms with Gasteiger partial charge < -0.3 is 14.8 Å². The molecule has 5 nitrogen and oxygen atoms in total. The van der Waals surface area contributed by atoms with Crippen LogP contribution in [0.2, 0.25) is 0 Å². The van der Waals surface area contributed by atoms with E-state index in [-0.39, 0.29) is 24.4 Å². The number of aromatic nitrogens is 1. The third-order valence-corrected chi connectivity index (χ3v) is 7.28. The van der Waals surface area contributed by atoms with E-state index in [9.17, 15) is 27.2 Å². The lowest BCUT2D eigenvalue weighted by Crippen LogP contribution is -2.62. The summed E-state index contributed by atoms with van der Waals surface area (Å²) in [5, 5.41) is 0.938. The van der Waals surface area contributed by atoms with E-state index in [0.717, 1.165) is 27.5 Å². The first-order chi connectivity index (χ1) is 16.0. The van der Waals surface area contributed by atoms with E-state index in [1.54, 1.807) is 4.90 Å². The van der Waals surface area contributed by atoms with Crippen molar-refractivity contribution in [1.29, 1.82) is 0 Å². The number of hydrogen-bond acceptors (Lipinski definition) is 2. The van der Waals surface area contributed by atoms with Gasteiger partial charge in [-0.15, -0.1) is 0 Å². The number of halogens is 5. The highest BCUT2D eigenvalue weighted by atomic mass is 79.9. The number of nitrogens with one attached hydrogen (secondary N) is 1. The first-order valence-corrected chi connectivity index (χ1v) is 11.6. The van der Waals surface area contributed by atoms with Gasteiger partial charge in [-0.25, -0.2) is 4.39 Å². The number of carbonyl (C=O) groups is 2. The zero-order valence-corrected chi connectivity index (χ0v) is 19.5. The highest BCUT2D eigenvalue weighted by Crippen LogP contribution is 2.42. The second kappa shape index (κ2) is 8.11. The maximum Gasteiger partial charge on any atom is 0.417 e. The molecule has 1 spiro atoms. The molecule has 2 amide bonds. The van der Waals surface area contributed by atoms with Crippen LogP contribution in [0.5, 0.6) is 0 Å². The van der Waals surface area contributed by atoms with Crippen molar-refractivity contribution in [2.24, 2.45) is 5.41 Å². The molecule has 5 rings (SSSR count). The standard InChI is InChI=1S/C24H20BrF4N3O2/c25-15-2-1-14-9-20(30-19(14)10-15)22(34)32-12-23(13-32)5-7-31(8-6-23)21(33)17-4-3-16(26)11-18(17)24(27,28)29/h1-4,9-11,30H,5-8,12-13H2. The fraction of sp³-hybridized carbons (Fsp3) is 0.333. The molecular formula is C24H20BrF4N3O2. The van der Waals surface area contributed by atoms with Crippen molar-refractivity contribution in [3.8, 4) is 0 Å². The summed E-state index contributed by atoms with van der Waals surface area (Å²) < 4.78 is 54.2. The number of rotatable bonds is 2. The van der Waals surface area contributed by atoms with Gasteiger partial charge in [0.1, 0.15) is 11.5 Å².